The maximum absolute atomic E-state index is 13.5. The highest BCUT2D eigenvalue weighted by molar-refractivity contribution is 6.32. The monoisotopic (exact) mass is 437 g/mol. The average molecular weight is 437 g/mol. The van der Waals surface area contributed by atoms with Crippen LogP contribution >= 0.6 is 0 Å². The number of esters is 1. The molecule has 2 N–H and O–H groups in total. The first-order valence-electron chi connectivity index (χ1n) is 10.3. The lowest BCUT2D eigenvalue weighted by Gasteiger charge is -2.23. The first-order chi connectivity index (χ1) is 15.3. The predicted octanol–water partition coefficient (Wildman–Crippen LogP) is 3.08. The maximum Gasteiger partial charge on any atom is 0.319 e. The highest BCUT2D eigenvalue weighted by Crippen LogP contribution is 2.44. The van der Waals surface area contributed by atoms with Crippen LogP contribution in [0, 0.1) is 5.82 Å². The van der Waals surface area contributed by atoms with Crippen molar-refractivity contribution < 1.29 is 23.5 Å². The third kappa shape index (κ3) is 4.27. The van der Waals surface area contributed by atoms with E-state index >= 15 is 0 Å². The molecule has 1 aromatic carbocycles. The zero-order chi connectivity index (χ0) is 22.9. The molecular formula is C24H24FN3O4. The molecule has 0 radical (unpaired) electrons. The van der Waals surface area contributed by atoms with E-state index in [2.05, 4.69) is 20.4 Å². The van der Waals surface area contributed by atoms with Crippen LogP contribution < -0.4 is 10.6 Å². The van der Waals surface area contributed by atoms with Gasteiger partial charge in [-0.05, 0) is 44.2 Å². The zero-order valence-electron chi connectivity index (χ0n) is 18.1. The van der Waals surface area contributed by atoms with E-state index in [0.29, 0.717) is 35.5 Å². The number of nitrogens with one attached hydrogen (secondary N) is 2. The van der Waals surface area contributed by atoms with Crippen molar-refractivity contribution in [1.82, 2.24) is 10.3 Å². The van der Waals surface area contributed by atoms with Crippen molar-refractivity contribution in [3.63, 3.8) is 0 Å². The van der Waals surface area contributed by atoms with Crippen LogP contribution in [0.1, 0.15) is 30.7 Å². The minimum absolute atomic E-state index is 0.161. The van der Waals surface area contributed by atoms with E-state index in [1.54, 1.807) is 12.3 Å². The van der Waals surface area contributed by atoms with Gasteiger partial charge in [0.1, 0.15) is 17.2 Å². The van der Waals surface area contributed by atoms with Crippen LogP contribution in [0.4, 0.5) is 10.1 Å². The average Bonchev–Trinajstić information content (AvgIpc) is 3.25. The minimum Gasteiger partial charge on any atom is -0.482 e. The van der Waals surface area contributed by atoms with Crippen LogP contribution in [0.2, 0.25) is 0 Å². The molecule has 0 fully saturated rings. The fourth-order valence-electron chi connectivity index (χ4n) is 3.82. The summed E-state index contributed by atoms with van der Waals surface area (Å²) in [6, 6.07) is 8.10. The molecule has 0 saturated carbocycles. The second kappa shape index (κ2) is 8.55. The Labute approximate surface area is 185 Å². The summed E-state index contributed by atoms with van der Waals surface area (Å²) in [6.45, 7) is 4.61. The zero-order valence-corrected chi connectivity index (χ0v) is 18.1. The van der Waals surface area contributed by atoms with Gasteiger partial charge in [0.05, 0.1) is 24.9 Å². The van der Waals surface area contributed by atoms with E-state index < -0.39 is 11.4 Å². The van der Waals surface area contributed by atoms with Gasteiger partial charge >= 0.3 is 5.97 Å². The minimum atomic E-state index is -0.670. The summed E-state index contributed by atoms with van der Waals surface area (Å²) in [5.41, 5.74) is 3.44. The van der Waals surface area contributed by atoms with Gasteiger partial charge in [-0.2, -0.15) is 0 Å². The predicted molar refractivity (Wildman–Crippen MR) is 118 cm³/mol. The second-order valence-corrected chi connectivity index (χ2v) is 8.09. The molecular weight excluding hydrogens is 413 g/mol. The van der Waals surface area contributed by atoms with E-state index in [0.717, 1.165) is 16.8 Å². The van der Waals surface area contributed by atoms with Crippen LogP contribution in [0.3, 0.4) is 0 Å². The third-order valence-corrected chi connectivity index (χ3v) is 5.45. The van der Waals surface area contributed by atoms with Crippen LogP contribution in [0.5, 0.6) is 0 Å². The summed E-state index contributed by atoms with van der Waals surface area (Å²) in [4.78, 5) is 28.2. The number of hydrogen-bond donors (Lipinski definition) is 2. The molecule has 0 bridgehead atoms. The number of aromatic nitrogens is 1. The number of rotatable bonds is 6. The fraction of sp³-hybridized carbons (Fsp3) is 0.292. The van der Waals surface area contributed by atoms with Crippen molar-refractivity contribution in [1.29, 1.82) is 0 Å². The number of carbonyl (C=O) groups excluding carboxylic acids is 2. The third-order valence-electron chi connectivity index (χ3n) is 5.45. The molecule has 1 amide bonds. The molecule has 2 aliphatic rings. The Morgan fingerprint density at radius 1 is 1.28 bits per heavy atom. The Balaban J connectivity index is 1.55. The lowest BCUT2D eigenvalue weighted by atomic mass is 9.93. The number of hydrogen-bond acceptors (Lipinski definition) is 6. The number of allylic oxidation sites excluding steroid dienone is 1. The molecule has 0 unspecified atom stereocenters. The van der Waals surface area contributed by atoms with Crippen LogP contribution in [-0.4, -0.2) is 42.7 Å². The van der Waals surface area contributed by atoms with Gasteiger partial charge in [-0.3, -0.25) is 14.6 Å². The first kappa shape index (κ1) is 21.7. The van der Waals surface area contributed by atoms with E-state index in [9.17, 15) is 14.0 Å². The van der Waals surface area contributed by atoms with Crippen LogP contribution in [0.15, 0.2) is 48.4 Å². The normalized spacial score (nSPS) is 18.6. The van der Waals surface area contributed by atoms with Gasteiger partial charge in [-0.25, -0.2) is 4.39 Å². The number of benzene rings is 1. The Morgan fingerprint density at radius 2 is 2.09 bits per heavy atom. The van der Waals surface area contributed by atoms with Crippen molar-refractivity contribution in [3.8, 4) is 0 Å². The Hall–Kier alpha value is -3.52. The van der Waals surface area contributed by atoms with Crippen LogP contribution in [0.25, 0.3) is 11.1 Å². The molecule has 7 nitrogen and oxygen atoms in total. The van der Waals surface area contributed by atoms with Gasteiger partial charge in [0, 0.05) is 41.6 Å². The smallest absolute Gasteiger partial charge is 0.319 e. The number of pyridine rings is 1. The molecule has 0 spiro atoms. The van der Waals surface area contributed by atoms with E-state index in [4.69, 9.17) is 4.74 Å². The van der Waals surface area contributed by atoms with Crippen molar-refractivity contribution in [2.24, 2.45) is 0 Å². The summed E-state index contributed by atoms with van der Waals surface area (Å²) in [5, 5.41) is 5.70. The summed E-state index contributed by atoms with van der Waals surface area (Å²) in [5.74, 6) is -0.589. The van der Waals surface area contributed by atoms with E-state index in [1.807, 2.05) is 32.1 Å². The quantitative estimate of drug-likeness (QED) is 0.410. The fourth-order valence-corrected chi connectivity index (χ4v) is 3.82. The summed E-state index contributed by atoms with van der Waals surface area (Å²) in [6.07, 6.45) is 4.29. The van der Waals surface area contributed by atoms with Crippen molar-refractivity contribution >= 4 is 28.7 Å². The number of carbonyl (C=O) groups is 2. The van der Waals surface area contributed by atoms with Gasteiger partial charge in [0.2, 0.25) is 0 Å². The number of anilines is 1. The maximum atomic E-state index is 13.5. The van der Waals surface area contributed by atoms with E-state index in [1.165, 1.54) is 19.2 Å². The van der Waals surface area contributed by atoms with Gasteiger partial charge in [-0.15, -0.1) is 0 Å². The summed E-state index contributed by atoms with van der Waals surface area (Å²) in [7, 11) is 1.35. The Morgan fingerprint density at radius 3 is 2.81 bits per heavy atom. The lowest BCUT2D eigenvalue weighted by molar-refractivity contribution is -0.139. The van der Waals surface area contributed by atoms with Gasteiger partial charge in [0.15, 0.2) is 0 Å². The molecule has 8 heteroatoms. The first-order valence-corrected chi connectivity index (χ1v) is 10.3. The number of halogens is 1. The Kier molecular flexibility index (Phi) is 5.80. The molecule has 32 heavy (non-hydrogen) atoms. The number of fused-ring (bicyclic) bond motifs is 1. The van der Waals surface area contributed by atoms with Crippen LogP contribution in [-0.2, 0) is 25.5 Å². The van der Waals surface area contributed by atoms with E-state index in [-0.39, 0.29) is 18.4 Å². The number of ether oxygens (including phenoxy) is 2. The second-order valence-electron chi connectivity index (χ2n) is 8.09. The van der Waals surface area contributed by atoms with Crippen molar-refractivity contribution in [3.05, 3.63) is 71.0 Å². The highest BCUT2D eigenvalue weighted by atomic mass is 19.1. The van der Waals surface area contributed by atoms with Gasteiger partial charge in [-0.1, -0.05) is 6.07 Å². The largest absolute Gasteiger partial charge is 0.482 e. The molecule has 0 saturated heterocycles. The summed E-state index contributed by atoms with van der Waals surface area (Å²) >= 11 is 0. The molecule has 166 valence electrons. The molecule has 3 heterocycles. The molecule has 2 aromatic rings. The number of methoxy groups -OCH3 is 1. The molecule has 4 rings (SSSR count). The molecule has 1 aromatic heterocycles. The van der Waals surface area contributed by atoms with Gasteiger partial charge < -0.3 is 20.1 Å². The standard InChI is InChI=1S/C24H24FN3O4/c1-24(2)18(14-4-6-16(27-12-14)8-9-26-13-21(29)31-3)11-20(32-24)22-17-7-5-15(25)10-19(17)28-23(22)30/h4-7,10-12,26H,8-9,13H2,1-3H3,(H,28,30). The molecule has 0 atom stereocenters. The van der Waals surface area contributed by atoms with Gasteiger partial charge in [0.25, 0.3) is 5.91 Å². The SMILES string of the molecule is COC(=O)CNCCc1ccc(C2=CC(=C3C(=O)Nc4cc(F)ccc43)OC2(C)C)cn1. The Bertz CT molecular complexity index is 1140. The van der Waals surface area contributed by atoms with Crippen molar-refractivity contribution in [2.45, 2.75) is 25.9 Å². The summed E-state index contributed by atoms with van der Waals surface area (Å²) < 4.78 is 24.3. The molecule has 0 aliphatic carbocycles. The highest BCUT2D eigenvalue weighted by Gasteiger charge is 2.38. The molecule has 2 aliphatic heterocycles. The van der Waals surface area contributed by atoms with Crippen molar-refractivity contribution in [2.75, 3.05) is 25.5 Å². The lowest BCUT2D eigenvalue weighted by Crippen LogP contribution is -2.26. The number of amides is 1. The number of nitrogens with zero attached hydrogens (tertiary/aromatic N) is 1. The topological polar surface area (TPSA) is 89.5 Å².